The van der Waals surface area contributed by atoms with Crippen LogP contribution in [-0.2, 0) is 19.9 Å². The first-order valence-corrected chi connectivity index (χ1v) is 8.31. The Morgan fingerprint density at radius 3 is 2.62 bits per heavy atom. The second-order valence-corrected chi connectivity index (χ2v) is 8.41. The van der Waals surface area contributed by atoms with Gasteiger partial charge in [-0.1, -0.05) is 0 Å². The second-order valence-electron chi connectivity index (χ2n) is 3.46. The van der Waals surface area contributed by atoms with Gasteiger partial charge in [-0.2, -0.15) is 0 Å². The fraction of sp³-hybridized carbons (Fsp3) is 0.429. The number of sulfonamides is 1. The van der Waals surface area contributed by atoms with Gasteiger partial charge in [-0.25, -0.2) is 22.0 Å². The highest BCUT2D eigenvalue weighted by molar-refractivity contribution is 7.92. The Morgan fingerprint density at radius 1 is 1.50 bits per heavy atom. The van der Waals surface area contributed by atoms with Crippen LogP contribution in [0.3, 0.4) is 0 Å². The molecule has 1 aliphatic rings. The third-order valence-electron chi connectivity index (χ3n) is 2.28. The van der Waals surface area contributed by atoms with Gasteiger partial charge in [0.1, 0.15) is 4.21 Å². The van der Waals surface area contributed by atoms with Gasteiger partial charge in [0.25, 0.3) is 0 Å². The van der Waals surface area contributed by atoms with Crippen LogP contribution in [0.2, 0.25) is 0 Å². The SMILES string of the molecule is NS(=O)(=O)c1cc2c(s1)C(O)CCS2(=O)=O. The molecule has 2 heterocycles. The monoisotopic (exact) mass is 283 g/mol. The summed E-state index contributed by atoms with van der Waals surface area (Å²) in [6, 6.07) is 1.02. The van der Waals surface area contributed by atoms with E-state index in [9.17, 15) is 21.9 Å². The van der Waals surface area contributed by atoms with Crippen LogP contribution in [0.25, 0.3) is 0 Å². The van der Waals surface area contributed by atoms with Gasteiger partial charge in [0.2, 0.25) is 10.0 Å². The molecule has 0 bridgehead atoms. The molecule has 90 valence electrons. The molecule has 6 nitrogen and oxygen atoms in total. The largest absolute Gasteiger partial charge is 0.387 e. The molecule has 0 fully saturated rings. The highest BCUT2D eigenvalue weighted by atomic mass is 32.2. The minimum absolute atomic E-state index is 0.0832. The molecule has 0 amide bonds. The molecule has 0 spiro atoms. The smallest absolute Gasteiger partial charge is 0.247 e. The summed E-state index contributed by atoms with van der Waals surface area (Å²) >= 11 is 0.711. The number of sulfone groups is 1. The molecule has 1 aromatic rings. The topological polar surface area (TPSA) is 115 Å². The minimum atomic E-state index is -3.93. The molecule has 16 heavy (non-hydrogen) atoms. The summed E-state index contributed by atoms with van der Waals surface area (Å²) in [5.41, 5.74) is 0. The third-order valence-corrected chi connectivity index (χ3v) is 6.85. The molecule has 0 saturated carbocycles. The van der Waals surface area contributed by atoms with E-state index in [1.54, 1.807) is 0 Å². The van der Waals surface area contributed by atoms with Crippen molar-refractivity contribution < 1.29 is 21.9 Å². The summed E-state index contributed by atoms with van der Waals surface area (Å²) in [4.78, 5) is 0.0514. The molecule has 0 aromatic carbocycles. The summed E-state index contributed by atoms with van der Waals surface area (Å²) < 4.78 is 45.2. The molecule has 1 atom stereocenters. The van der Waals surface area contributed by atoms with Gasteiger partial charge >= 0.3 is 0 Å². The van der Waals surface area contributed by atoms with Crippen LogP contribution in [0.4, 0.5) is 0 Å². The van der Waals surface area contributed by atoms with E-state index in [0.717, 1.165) is 6.07 Å². The molecule has 0 saturated heterocycles. The molecular weight excluding hydrogens is 274 g/mol. The standard InChI is InChI=1S/C7H9NO5S3/c8-16(12,13)6-3-5-7(14-6)4(9)1-2-15(5,10)11/h3-4,9H,1-2H2,(H2,8,12,13). The number of fused-ring (bicyclic) bond motifs is 1. The van der Waals surface area contributed by atoms with E-state index in [-0.39, 0.29) is 26.2 Å². The minimum Gasteiger partial charge on any atom is -0.387 e. The Labute approximate surface area is 96.7 Å². The van der Waals surface area contributed by atoms with Gasteiger partial charge < -0.3 is 5.11 Å². The van der Waals surface area contributed by atoms with Gasteiger partial charge in [0, 0.05) is 0 Å². The van der Waals surface area contributed by atoms with E-state index in [0.29, 0.717) is 11.3 Å². The van der Waals surface area contributed by atoms with Crippen molar-refractivity contribution in [2.24, 2.45) is 5.14 Å². The summed E-state index contributed by atoms with van der Waals surface area (Å²) in [7, 11) is -7.41. The number of aliphatic hydroxyl groups excluding tert-OH is 1. The normalized spacial score (nSPS) is 24.0. The number of hydrogen-bond acceptors (Lipinski definition) is 6. The zero-order valence-electron chi connectivity index (χ0n) is 7.95. The number of hydrogen-bond donors (Lipinski definition) is 2. The van der Waals surface area contributed by atoms with Crippen molar-refractivity contribution in [2.75, 3.05) is 5.75 Å². The average Bonchev–Trinajstić information content (AvgIpc) is 2.57. The Kier molecular flexibility index (Phi) is 2.63. The first-order chi connectivity index (χ1) is 7.22. The van der Waals surface area contributed by atoms with E-state index in [1.807, 2.05) is 0 Å². The maximum atomic E-state index is 11.6. The Morgan fingerprint density at radius 2 is 2.12 bits per heavy atom. The van der Waals surface area contributed by atoms with Crippen LogP contribution in [0.5, 0.6) is 0 Å². The lowest BCUT2D eigenvalue weighted by molar-refractivity contribution is 0.172. The molecular formula is C7H9NO5S3. The van der Waals surface area contributed by atoms with Crippen LogP contribution < -0.4 is 5.14 Å². The Bertz CT molecular complexity index is 627. The summed E-state index contributed by atoms with van der Waals surface area (Å²) in [6.07, 6.45) is -0.848. The number of nitrogens with two attached hydrogens (primary N) is 1. The highest BCUT2D eigenvalue weighted by Crippen LogP contribution is 2.39. The Hall–Kier alpha value is -0.480. The van der Waals surface area contributed by atoms with Gasteiger partial charge in [-0.05, 0) is 12.5 Å². The predicted octanol–water partition coefficient (Wildman–Crippen LogP) is -0.394. The number of primary sulfonamides is 1. The summed E-state index contributed by atoms with van der Waals surface area (Å²) in [5, 5.41) is 14.5. The van der Waals surface area contributed by atoms with Crippen LogP contribution in [-0.4, -0.2) is 27.7 Å². The van der Waals surface area contributed by atoms with E-state index in [4.69, 9.17) is 5.14 Å². The van der Waals surface area contributed by atoms with Gasteiger partial charge in [0.15, 0.2) is 9.84 Å². The van der Waals surface area contributed by atoms with Crippen molar-refractivity contribution in [1.82, 2.24) is 0 Å². The number of thiophene rings is 1. The molecule has 1 aliphatic heterocycles. The van der Waals surface area contributed by atoms with Crippen LogP contribution in [0, 0.1) is 0 Å². The predicted molar refractivity (Wildman–Crippen MR) is 57.3 cm³/mol. The maximum Gasteiger partial charge on any atom is 0.247 e. The van der Waals surface area contributed by atoms with E-state index in [2.05, 4.69) is 0 Å². The van der Waals surface area contributed by atoms with Gasteiger partial charge in [0.05, 0.1) is 21.6 Å². The molecule has 1 unspecified atom stereocenters. The Balaban J connectivity index is 2.71. The first kappa shape index (κ1) is 12.0. The second kappa shape index (κ2) is 3.50. The molecule has 1 aromatic heterocycles. The van der Waals surface area contributed by atoms with Crippen molar-refractivity contribution in [3.63, 3.8) is 0 Å². The van der Waals surface area contributed by atoms with Crippen molar-refractivity contribution in [3.05, 3.63) is 10.9 Å². The lowest BCUT2D eigenvalue weighted by atomic mass is 10.2. The van der Waals surface area contributed by atoms with Crippen molar-refractivity contribution in [2.45, 2.75) is 21.6 Å². The fourth-order valence-electron chi connectivity index (χ4n) is 1.49. The van der Waals surface area contributed by atoms with E-state index < -0.39 is 26.0 Å². The molecule has 3 N–H and O–H groups in total. The quantitative estimate of drug-likeness (QED) is 0.728. The molecule has 2 rings (SSSR count). The van der Waals surface area contributed by atoms with E-state index in [1.165, 1.54) is 0 Å². The molecule has 0 radical (unpaired) electrons. The number of aliphatic hydroxyl groups is 1. The molecule has 9 heteroatoms. The first-order valence-electron chi connectivity index (χ1n) is 4.29. The lowest BCUT2D eigenvalue weighted by Crippen LogP contribution is -2.17. The van der Waals surface area contributed by atoms with Crippen molar-refractivity contribution in [1.29, 1.82) is 0 Å². The molecule has 0 aliphatic carbocycles. The fourth-order valence-corrected chi connectivity index (χ4v) is 5.46. The van der Waals surface area contributed by atoms with Crippen molar-refractivity contribution >= 4 is 31.2 Å². The summed E-state index contributed by atoms with van der Waals surface area (Å²) in [6.45, 7) is 0. The van der Waals surface area contributed by atoms with Crippen LogP contribution >= 0.6 is 11.3 Å². The zero-order chi connectivity index (χ0) is 12.1. The lowest BCUT2D eigenvalue weighted by Gasteiger charge is -2.16. The van der Waals surface area contributed by atoms with Gasteiger partial charge in [-0.15, -0.1) is 11.3 Å². The average molecular weight is 283 g/mol. The van der Waals surface area contributed by atoms with E-state index >= 15 is 0 Å². The van der Waals surface area contributed by atoms with Crippen LogP contribution in [0.15, 0.2) is 15.2 Å². The van der Waals surface area contributed by atoms with Gasteiger partial charge in [-0.3, -0.25) is 0 Å². The van der Waals surface area contributed by atoms with Crippen molar-refractivity contribution in [3.8, 4) is 0 Å². The van der Waals surface area contributed by atoms with Crippen LogP contribution in [0.1, 0.15) is 17.4 Å². The summed E-state index contributed by atoms with van der Waals surface area (Å²) in [5.74, 6) is -0.179. The maximum absolute atomic E-state index is 11.6. The highest BCUT2D eigenvalue weighted by Gasteiger charge is 2.33. The third kappa shape index (κ3) is 1.89. The number of rotatable bonds is 1. The zero-order valence-corrected chi connectivity index (χ0v) is 10.4.